The van der Waals surface area contributed by atoms with Gasteiger partial charge in [-0.25, -0.2) is 14.8 Å². The highest BCUT2D eigenvalue weighted by atomic mass is 16.6. The number of ether oxygens (including phenoxy) is 1. The van der Waals surface area contributed by atoms with E-state index in [4.69, 9.17) is 9.72 Å². The van der Waals surface area contributed by atoms with E-state index in [1.165, 1.54) is 12.8 Å². The molecule has 0 aromatic carbocycles. The first-order chi connectivity index (χ1) is 10.9. The Hall–Kier alpha value is -1.69. The van der Waals surface area contributed by atoms with Crippen LogP contribution in [0.3, 0.4) is 0 Å². The first-order valence-corrected chi connectivity index (χ1v) is 8.45. The first kappa shape index (κ1) is 16.2. The van der Waals surface area contributed by atoms with Crippen molar-refractivity contribution in [3.63, 3.8) is 0 Å². The summed E-state index contributed by atoms with van der Waals surface area (Å²) in [6.07, 6.45) is 4.93. The minimum absolute atomic E-state index is 0.260. The fourth-order valence-electron chi connectivity index (χ4n) is 3.06. The molecule has 0 aliphatic carbocycles. The number of carbonyl (C=O) groups excluding carboxylic acids is 1. The number of hydrogen-bond donors (Lipinski definition) is 0. The Bertz CT molecular complexity index is 576. The third kappa shape index (κ3) is 4.19. The SMILES string of the molecule is CC(C)(C)OC(=O)N1CCc2nc(CN3CCCC3)ncc2C1. The molecule has 0 bridgehead atoms. The van der Waals surface area contributed by atoms with E-state index in [0.29, 0.717) is 13.1 Å². The number of hydrogen-bond acceptors (Lipinski definition) is 5. The Kier molecular flexibility index (Phi) is 4.53. The molecule has 0 radical (unpaired) electrons. The van der Waals surface area contributed by atoms with Crippen LogP contribution in [0.1, 0.15) is 50.7 Å². The molecule has 1 fully saturated rings. The third-order valence-electron chi connectivity index (χ3n) is 4.20. The summed E-state index contributed by atoms with van der Waals surface area (Å²) >= 11 is 0. The smallest absolute Gasteiger partial charge is 0.410 e. The number of rotatable bonds is 2. The van der Waals surface area contributed by atoms with Crippen LogP contribution >= 0.6 is 0 Å². The number of aromatic nitrogens is 2. The second-order valence-electron chi connectivity index (χ2n) is 7.39. The molecule has 0 atom stereocenters. The van der Waals surface area contributed by atoms with Gasteiger partial charge in [0.05, 0.1) is 18.8 Å². The molecule has 3 heterocycles. The normalized spacial score (nSPS) is 18.8. The summed E-state index contributed by atoms with van der Waals surface area (Å²) in [6.45, 7) is 9.97. The van der Waals surface area contributed by atoms with E-state index in [0.717, 1.165) is 43.1 Å². The predicted octanol–water partition coefficient (Wildman–Crippen LogP) is 2.37. The molecule has 6 heteroatoms. The van der Waals surface area contributed by atoms with Crippen molar-refractivity contribution in [3.05, 3.63) is 23.3 Å². The summed E-state index contributed by atoms with van der Waals surface area (Å²) in [5.74, 6) is 0.899. The number of likely N-dealkylation sites (tertiary alicyclic amines) is 1. The van der Waals surface area contributed by atoms with Gasteiger partial charge in [-0.2, -0.15) is 0 Å². The Morgan fingerprint density at radius 3 is 2.70 bits per heavy atom. The van der Waals surface area contributed by atoms with Crippen molar-refractivity contribution in [3.8, 4) is 0 Å². The predicted molar refractivity (Wildman–Crippen MR) is 86.9 cm³/mol. The van der Waals surface area contributed by atoms with E-state index >= 15 is 0 Å². The van der Waals surface area contributed by atoms with Crippen molar-refractivity contribution in [2.45, 2.75) is 58.7 Å². The molecule has 0 saturated carbocycles. The summed E-state index contributed by atoms with van der Waals surface area (Å²) in [6, 6.07) is 0. The molecule has 1 aromatic rings. The highest BCUT2D eigenvalue weighted by molar-refractivity contribution is 5.68. The van der Waals surface area contributed by atoms with Crippen LogP contribution < -0.4 is 0 Å². The molecule has 1 saturated heterocycles. The average Bonchev–Trinajstić information content (AvgIpc) is 2.98. The molecular weight excluding hydrogens is 292 g/mol. The molecule has 6 nitrogen and oxygen atoms in total. The Morgan fingerprint density at radius 2 is 2.00 bits per heavy atom. The van der Waals surface area contributed by atoms with Crippen LogP contribution in [0, 0.1) is 0 Å². The first-order valence-electron chi connectivity index (χ1n) is 8.45. The molecule has 2 aliphatic heterocycles. The maximum absolute atomic E-state index is 12.2. The molecule has 3 rings (SSSR count). The highest BCUT2D eigenvalue weighted by Crippen LogP contribution is 2.20. The molecule has 1 amide bonds. The van der Waals surface area contributed by atoms with Crippen molar-refractivity contribution in [1.82, 2.24) is 19.8 Å². The van der Waals surface area contributed by atoms with Gasteiger partial charge in [-0.3, -0.25) is 4.90 Å². The van der Waals surface area contributed by atoms with Crippen LogP contribution in [0.4, 0.5) is 4.79 Å². The van der Waals surface area contributed by atoms with Gasteiger partial charge in [0, 0.05) is 24.7 Å². The van der Waals surface area contributed by atoms with Crippen LogP contribution in [0.2, 0.25) is 0 Å². The van der Waals surface area contributed by atoms with E-state index in [1.54, 1.807) is 4.90 Å². The van der Waals surface area contributed by atoms with Crippen LogP contribution in [0.15, 0.2) is 6.20 Å². The zero-order valence-electron chi connectivity index (χ0n) is 14.3. The molecule has 2 aliphatic rings. The lowest BCUT2D eigenvalue weighted by Crippen LogP contribution is -2.40. The van der Waals surface area contributed by atoms with Crippen LogP contribution in [0.5, 0.6) is 0 Å². The number of amides is 1. The van der Waals surface area contributed by atoms with Gasteiger partial charge in [0.25, 0.3) is 0 Å². The average molecular weight is 318 g/mol. The van der Waals surface area contributed by atoms with Crippen molar-refractivity contribution >= 4 is 6.09 Å². The molecular formula is C17H26N4O2. The fourth-order valence-corrected chi connectivity index (χ4v) is 3.06. The standard InChI is InChI=1S/C17H26N4O2/c1-17(2,3)23-16(22)21-9-6-14-13(11-21)10-18-15(19-14)12-20-7-4-5-8-20/h10H,4-9,11-12H2,1-3H3. The summed E-state index contributed by atoms with van der Waals surface area (Å²) in [5, 5.41) is 0. The summed E-state index contributed by atoms with van der Waals surface area (Å²) in [7, 11) is 0. The molecule has 23 heavy (non-hydrogen) atoms. The van der Waals surface area contributed by atoms with E-state index in [9.17, 15) is 4.79 Å². The Labute approximate surface area is 137 Å². The van der Waals surface area contributed by atoms with Crippen LogP contribution in [-0.4, -0.2) is 51.1 Å². The lowest BCUT2D eigenvalue weighted by molar-refractivity contribution is 0.0222. The summed E-state index contributed by atoms with van der Waals surface area (Å²) in [4.78, 5) is 25.5. The number of nitrogens with zero attached hydrogens (tertiary/aromatic N) is 4. The third-order valence-corrected chi connectivity index (χ3v) is 4.20. The van der Waals surface area contributed by atoms with E-state index in [-0.39, 0.29) is 6.09 Å². The second-order valence-corrected chi connectivity index (χ2v) is 7.39. The van der Waals surface area contributed by atoms with Gasteiger partial charge in [-0.15, -0.1) is 0 Å². The minimum atomic E-state index is -0.465. The molecule has 1 aromatic heterocycles. The zero-order chi connectivity index (χ0) is 16.4. The zero-order valence-corrected chi connectivity index (χ0v) is 14.3. The van der Waals surface area contributed by atoms with Gasteiger partial charge in [0.2, 0.25) is 0 Å². The maximum Gasteiger partial charge on any atom is 0.410 e. The largest absolute Gasteiger partial charge is 0.444 e. The van der Waals surface area contributed by atoms with Gasteiger partial charge in [0.1, 0.15) is 11.4 Å². The molecule has 0 N–H and O–H groups in total. The monoisotopic (exact) mass is 318 g/mol. The van der Waals surface area contributed by atoms with Crippen molar-refractivity contribution in [2.75, 3.05) is 19.6 Å². The van der Waals surface area contributed by atoms with Crippen LogP contribution in [-0.2, 0) is 24.2 Å². The van der Waals surface area contributed by atoms with Crippen molar-refractivity contribution in [1.29, 1.82) is 0 Å². The Morgan fingerprint density at radius 1 is 1.26 bits per heavy atom. The molecule has 126 valence electrons. The van der Waals surface area contributed by atoms with Crippen molar-refractivity contribution in [2.24, 2.45) is 0 Å². The topological polar surface area (TPSA) is 58.6 Å². The van der Waals surface area contributed by atoms with Gasteiger partial charge < -0.3 is 9.64 Å². The van der Waals surface area contributed by atoms with E-state index < -0.39 is 5.60 Å². The molecule has 0 unspecified atom stereocenters. The minimum Gasteiger partial charge on any atom is -0.444 e. The van der Waals surface area contributed by atoms with E-state index in [1.807, 2.05) is 27.0 Å². The lowest BCUT2D eigenvalue weighted by atomic mass is 10.1. The summed E-state index contributed by atoms with van der Waals surface area (Å²) < 4.78 is 5.44. The highest BCUT2D eigenvalue weighted by Gasteiger charge is 2.26. The quantitative estimate of drug-likeness (QED) is 0.838. The lowest BCUT2D eigenvalue weighted by Gasteiger charge is -2.30. The van der Waals surface area contributed by atoms with Crippen LogP contribution in [0.25, 0.3) is 0 Å². The number of fused-ring (bicyclic) bond motifs is 1. The maximum atomic E-state index is 12.2. The van der Waals surface area contributed by atoms with E-state index in [2.05, 4.69) is 9.88 Å². The summed E-state index contributed by atoms with van der Waals surface area (Å²) in [5.41, 5.74) is 1.65. The van der Waals surface area contributed by atoms with Gasteiger partial charge in [0.15, 0.2) is 0 Å². The fraction of sp³-hybridized carbons (Fsp3) is 0.706. The van der Waals surface area contributed by atoms with Gasteiger partial charge in [-0.1, -0.05) is 0 Å². The van der Waals surface area contributed by atoms with Gasteiger partial charge in [-0.05, 0) is 46.7 Å². The number of carbonyl (C=O) groups is 1. The van der Waals surface area contributed by atoms with Gasteiger partial charge >= 0.3 is 6.09 Å². The van der Waals surface area contributed by atoms with Crippen molar-refractivity contribution < 1.29 is 9.53 Å². The second kappa shape index (κ2) is 6.43. The Balaban J connectivity index is 1.64. The molecule has 0 spiro atoms.